The van der Waals surface area contributed by atoms with Gasteiger partial charge in [-0.25, -0.2) is 9.36 Å². The summed E-state index contributed by atoms with van der Waals surface area (Å²) in [6.07, 6.45) is -4.02. The maximum atomic E-state index is 10.1. The van der Waals surface area contributed by atoms with Crippen molar-refractivity contribution in [1.29, 1.82) is 0 Å². The minimum absolute atomic E-state index is 0.961. The second-order valence-electron chi connectivity index (χ2n) is 2.14. The highest BCUT2D eigenvalue weighted by Crippen LogP contribution is 2.35. The highest BCUT2D eigenvalue weighted by molar-refractivity contribution is 7.46. The lowest BCUT2D eigenvalue weighted by atomic mass is 10.2. The first-order valence-electron chi connectivity index (χ1n) is 3.03. The van der Waals surface area contributed by atoms with Gasteiger partial charge >= 0.3 is 13.8 Å². The first kappa shape index (κ1) is 12.5. The Labute approximate surface area is 72.6 Å². The van der Waals surface area contributed by atoms with Crippen LogP contribution in [0.25, 0.3) is 0 Å². The van der Waals surface area contributed by atoms with Crippen molar-refractivity contribution in [2.45, 2.75) is 12.2 Å². The van der Waals surface area contributed by atoms with Crippen LogP contribution in [-0.2, 0) is 13.9 Å². The molecule has 0 rings (SSSR count). The van der Waals surface area contributed by atoms with Gasteiger partial charge in [-0.05, 0) is 0 Å². The van der Waals surface area contributed by atoms with Crippen LogP contribution in [0.3, 0.4) is 0 Å². The molecule has 8 nitrogen and oxygen atoms in total. The topological polar surface area (TPSA) is 145 Å². The highest BCUT2D eigenvalue weighted by Gasteiger charge is 2.26. The SMILES string of the molecule is O=C(O)[C@@H](O)[C@@H](O)COP(=O)(O)O. The van der Waals surface area contributed by atoms with E-state index in [0.29, 0.717) is 0 Å². The number of phosphoric acid groups is 1. The molecular weight excluding hydrogens is 207 g/mol. The van der Waals surface area contributed by atoms with Gasteiger partial charge in [-0.3, -0.25) is 4.52 Å². The van der Waals surface area contributed by atoms with Crippen molar-refractivity contribution in [1.82, 2.24) is 0 Å². The molecule has 0 fully saturated rings. The number of carboxylic acids is 1. The monoisotopic (exact) mass is 216 g/mol. The van der Waals surface area contributed by atoms with Crippen molar-refractivity contribution in [3.63, 3.8) is 0 Å². The Hall–Kier alpha value is -0.500. The Morgan fingerprint density at radius 1 is 1.38 bits per heavy atom. The summed E-state index contributed by atoms with van der Waals surface area (Å²) in [7, 11) is -4.75. The molecule has 0 bridgehead atoms. The fraction of sp³-hybridized carbons (Fsp3) is 0.750. The quantitative estimate of drug-likeness (QED) is 0.328. The van der Waals surface area contributed by atoms with Crippen molar-refractivity contribution in [2.24, 2.45) is 0 Å². The molecule has 9 heteroatoms. The van der Waals surface area contributed by atoms with Crippen LogP contribution >= 0.6 is 7.82 Å². The van der Waals surface area contributed by atoms with E-state index in [4.69, 9.17) is 25.1 Å². The zero-order valence-corrected chi connectivity index (χ0v) is 7.16. The predicted octanol–water partition coefficient (Wildman–Crippen LogP) is -2.10. The molecule has 2 atom stereocenters. The van der Waals surface area contributed by atoms with Gasteiger partial charge in [0.25, 0.3) is 0 Å². The molecule has 0 aliphatic rings. The van der Waals surface area contributed by atoms with Crippen molar-refractivity contribution in [2.75, 3.05) is 6.61 Å². The van der Waals surface area contributed by atoms with Crippen molar-refractivity contribution in [3.8, 4) is 0 Å². The van der Waals surface area contributed by atoms with Crippen LogP contribution in [0.2, 0.25) is 0 Å². The van der Waals surface area contributed by atoms with Gasteiger partial charge < -0.3 is 25.1 Å². The van der Waals surface area contributed by atoms with Gasteiger partial charge in [0.05, 0.1) is 6.61 Å². The fourth-order valence-corrected chi connectivity index (χ4v) is 0.776. The number of hydrogen-bond donors (Lipinski definition) is 5. The molecule has 0 aromatic carbocycles. The Morgan fingerprint density at radius 3 is 2.15 bits per heavy atom. The molecule has 78 valence electrons. The zero-order chi connectivity index (χ0) is 10.6. The molecule has 0 aromatic heterocycles. The Balaban J connectivity index is 3.95. The van der Waals surface area contributed by atoms with E-state index in [2.05, 4.69) is 4.52 Å². The maximum Gasteiger partial charge on any atom is 0.469 e. The molecule has 0 amide bonds. The van der Waals surface area contributed by atoms with Gasteiger partial charge in [0.1, 0.15) is 6.10 Å². The first-order valence-corrected chi connectivity index (χ1v) is 4.56. The highest BCUT2D eigenvalue weighted by atomic mass is 31.2. The number of carboxylic acid groups (broad SMARTS) is 1. The van der Waals surface area contributed by atoms with E-state index in [-0.39, 0.29) is 0 Å². The van der Waals surface area contributed by atoms with E-state index in [0.717, 1.165) is 0 Å². The van der Waals surface area contributed by atoms with Gasteiger partial charge in [0.2, 0.25) is 0 Å². The van der Waals surface area contributed by atoms with Crippen LogP contribution in [0.4, 0.5) is 0 Å². The van der Waals surface area contributed by atoms with Crippen LogP contribution in [-0.4, -0.2) is 49.9 Å². The Kier molecular flexibility index (Phi) is 4.48. The molecule has 0 aliphatic carbocycles. The smallest absolute Gasteiger partial charge is 0.469 e. The number of hydrogen-bond acceptors (Lipinski definition) is 5. The zero-order valence-electron chi connectivity index (χ0n) is 6.27. The molecular formula is C4H9O8P. The van der Waals surface area contributed by atoms with Crippen LogP contribution in [0.5, 0.6) is 0 Å². The summed E-state index contributed by atoms with van der Waals surface area (Å²) >= 11 is 0. The largest absolute Gasteiger partial charge is 0.479 e. The van der Waals surface area contributed by atoms with Crippen molar-refractivity contribution < 1.29 is 39.0 Å². The lowest BCUT2D eigenvalue weighted by Gasteiger charge is -2.13. The Bertz CT molecular complexity index is 220. The third-order valence-electron chi connectivity index (χ3n) is 1.03. The number of rotatable bonds is 5. The van der Waals surface area contributed by atoms with E-state index in [1.165, 1.54) is 0 Å². The standard InChI is InChI=1S/C4H9O8P/c5-2(3(6)4(7)8)1-12-13(9,10)11/h2-3,5-6H,1H2,(H,7,8)(H2,9,10,11)/t2-,3-/m0/s1. The molecule has 0 saturated heterocycles. The minimum Gasteiger partial charge on any atom is -0.479 e. The first-order chi connectivity index (χ1) is 5.74. The van der Waals surface area contributed by atoms with Gasteiger partial charge in [-0.1, -0.05) is 0 Å². The van der Waals surface area contributed by atoms with E-state index < -0.39 is 32.6 Å². The van der Waals surface area contributed by atoms with E-state index in [9.17, 15) is 9.36 Å². The van der Waals surface area contributed by atoms with Crippen molar-refractivity contribution >= 4 is 13.8 Å². The minimum atomic E-state index is -4.75. The molecule has 5 N–H and O–H groups in total. The summed E-state index contributed by atoms with van der Waals surface area (Å²) in [5.74, 6) is -1.71. The fourth-order valence-electron chi connectivity index (χ4n) is 0.429. The average molecular weight is 216 g/mol. The number of phosphoric ester groups is 1. The van der Waals surface area contributed by atoms with E-state index in [1.807, 2.05) is 0 Å². The number of aliphatic carboxylic acids is 1. The summed E-state index contributed by atoms with van der Waals surface area (Å²) < 4.78 is 13.8. The number of aliphatic hydroxyl groups is 2. The molecule has 0 aromatic rings. The van der Waals surface area contributed by atoms with Crippen LogP contribution in [0.15, 0.2) is 0 Å². The van der Waals surface area contributed by atoms with E-state index >= 15 is 0 Å². The van der Waals surface area contributed by atoms with E-state index in [1.54, 1.807) is 0 Å². The lowest BCUT2D eigenvalue weighted by molar-refractivity contribution is -0.154. The average Bonchev–Trinajstić information content (AvgIpc) is 1.97. The molecule has 0 spiro atoms. The van der Waals surface area contributed by atoms with Crippen molar-refractivity contribution in [3.05, 3.63) is 0 Å². The normalized spacial score (nSPS) is 16.6. The molecule has 0 radical (unpaired) electrons. The maximum absolute atomic E-state index is 10.1. The second-order valence-corrected chi connectivity index (χ2v) is 3.38. The molecule has 0 heterocycles. The molecule has 0 saturated carbocycles. The lowest BCUT2D eigenvalue weighted by Crippen LogP contribution is -2.36. The van der Waals surface area contributed by atoms with Gasteiger partial charge in [0.15, 0.2) is 6.10 Å². The summed E-state index contributed by atoms with van der Waals surface area (Å²) in [6.45, 7) is -0.961. The second kappa shape index (κ2) is 4.66. The molecule has 0 unspecified atom stereocenters. The molecule has 13 heavy (non-hydrogen) atoms. The summed E-state index contributed by atoms with van der Waals surface area (Å²) in [5.41, 5.74) is 0. The summed E-state index contributed by atoms with van der Waals surface area (Å²) in [6, 6.07) is 0. The molecule has 0 aliphatic heterocycles. The van der Waals surface area contributed by atoms with Crippen LogP contribution in [0.1, 0.15) is 0 Å². The third kappa shape index (κ3) is 5.69. The van der Waals surface area contributed by atoms with Crippen LogP contribution < -0.4 is 0 Å². The van der Waals surface area contributed by atoms with Gasteiger partial charge in [-0.2, -0.15) is 0 Å². The summed E-state index contributed by atoms with van der Waals surface area (Å²) in [5, 5.41) is 25.5. The van der Waals surface area contributed by atoms with Gasteiger partial charge in [-0.15, -0.1) is 0 Å². The van der Waals surface area contributed by atoms with Gasteiger partial charge in [0, 0.05) is 0 Å². The third-order valence-corrected chi connectivity index (χ3v) is 1.52. The predicted molar refractivity (Wildman–Crippen MR) is 37.6 cm³/mol. The Morgan fingerprint density at radius 2 is 1.85 bits per heavy atom. The number of carbonyl (C=O) groups is 1. The van der Waals surface area contributed by atoms with Crippen LogP contribution in [0, 0.1) is 0 Å². The summed E-state index contributed by atoms with van der Waals surface area (Å²) in [4.78, 5) is 26.3. The number of aliphatic hydroxyl groups excluding tert-OH is 2.